The number of anilines is 2. The van der Waals surface area contributed by atoms with E-state index in [9.17, 15) is 5.26 Å². The molecular formula is C20H23N5. The number of aryl methyl sites for hydroxylation is 2. The first-order valence-corrected chi connectivity index (χ1v) is 8.96. The fourth-order valence-electron chi connectivity index (χ4n) is 4.14. The van der Waals surface area contributed by atoms with Gasteiger partial charge in [0.1, 0.15) is 6.07 Å². The van der Waals surface area contributed by atoms with Crippen molar-refractivity contribution in [3.05, 3.63) is 47.3 Å². The lowest BCUT2D eigenvalue weighted by molar-refractivity contribution is 0.387. The summed E-state index contributed by atoms with van der Waals surface area (Å²) in [5, 5.41) is 9.51. The molecule has 25 heavy (non-hydrogen) atoms. The lowest BCUT2D eigenvalue weighted by Crippen LogP contribution is -2.49. The molecule has 1 aromatic heterocycles. The number of fused-ring (bicyclic) bond motifs is 1. The molecule has 1 aromatic carbocycles. The van der Waals surface area contributed by atoms with Crippen LogP contribution in [0, 0.1) is 31.1 Å². The van der Waals surface area contributed by atoms with Crippen LogP contribution in [0.5, 0.6) is 0 Å². The lowest BCUT2D eigenvalue weighted by Gasteiger charge is -2.39. The second-order valence-corrected chi connectivity index (χ2v) is 7.24. The van der Waals surface area contributed by atoms with Crippen LogP contribution in [0.1, 0.15) is 29.5 Å². The quantitative estimate of drug-likeness (QED) is 0.845. The topological polar surface area (TPSA) is 56.1 Å². The van der Waals surface area contributed by atoms with Crippen LogP contribution in [0.2, 0.25) is 0 Å². The van der Waals surface area contributed by atoms with Crippen LogP contribution in [0.25, 0.3) is 0 Å². The largest absolute Gasteiger partial charge is 0.365 e. The number of rotatable bonds is 2. The van der Waals surface area contributed by atoms with Gasteiger partial charge in [-0.25, -0.2) is 9.97 Å². The highest BCUT2D eigenvalue weighted by molar-refractivity contribution is 5.62. The number of hydrogen-bond acceptors (Lipinski definition) is 5. The Morgan fingerprint density at radius 1 is 1.08 bits per heavy atom. The Hall–Kier alpha value is -2.61. The minimum absolute atomic E-state index is 0.424. The molecule has 2 fully saturated rings. The van der Waals surface area contributed by atoms with Gasteiger partial charge in [0, 0.05) is 38.1 Å². The second kappa shape index (κ2) is 6.36. The molecule has 2 aliphatic heterocycles. The molecular weight excluding hydrogens is 310 g/mol. The molecule has 128 valence electrons. The third-order valence-electron chi connectivity index (χ3n) is 5.50. The van der Waals surface area contributed by atoms with Crippen LogP contribution in [-0.4, -0.2) is 35.6 Å². The highest BCUT2D eigenvalue weighted by atomic mass is 15.3. The highest BCUT2D eigenvalue weighted by Gasteiger charge is 2.39. The molecule has 2 atom stereocenters. The molecule has 0 aliphatic carbocycles. The van der Waals surface area contributed by atoms with Gasteiger partial charge in [0.2, 0.25) is 5.95 Å². The van der Waals surface area contributed by atoms with Crippen molar-refractivity contribution in [3.8, 4) is 6.07 Å². The van der Waals surface area contributed by atoms with Gasteiger partial charge in [0.25, 0.3) is 0 Å². The number of hydrogen-bond donors (Lipinski definition) is 0. The number of nitrogens with zero attached hydrogens (tertiary/aromatic N) is 5. The van der Waals surface area contributed by atoms with Crippen LogP contribution in [0.3, 0.4) is 0 Å². The summed E-state index contributed by atoms with van der Waals surface area (Å²) in [6, 6.07) is 8.91. The zero-order chi connectivity index (χ0) is 17.4. The van der Waals surface area contributed by atoms with Gasteiger partial charge in [-0.05, 0) is 55.9 Å². The van der Waals surface area contributed by atoms with Gasteiger partial charge >= 0.3 is 0 Å². The molecule has 2 saturated heterocycles. The molecule has 0 N–H and O–H groups in total. The summed E-state index contributed by atoms with van der Waals surface area (Å²) < 4.78 is 0. The molecule has 0 saturated carbocycles. The van der Waals surface area contributed by atoms with Crippen LogP contribution in [0.4, 0.5) is 11.6 Å². The van der Waals surface area contributed by atoms with Crippen LogP contribution in [0.15, 0.2) is 30.6 Å². The molecule has 0 spiro atoms. The van der Waals surface area contributed by atoms with E-state index in [1.807, 2.05) is 31.5 Å². The fourth-order valence-corrected chi connectivity index (χ4v) is 4.14. The minimum Gasteiger partial charge on any atom is -0.365 e. The number of piperidine rings is 1. The van der Waals surface area contributed by atoms with E-state index in [0.29, 0.717) is 12.0 Å². The maximum Gasteiger partial charge on any atom is 0.225 e. The summed E-state index contributed by atoms with van der Waals surface area (Å²) in [6.07, 6.45) is 6.13. The molecule has 4 rings (SSSR count). The zero-order valence-electron chi connectivity index (χ0n) is 14.8. The van der Waals surface area contributed by atoms with E-state index in [0.717, 1.165) is 48.8 Å². The van der Waals surface area contributed by atoms with Gasteiger partial charge < -0.3 is 9.80 Å². The summed E-state index contributed by atoms with van der Waals surface area (Å²) >= 11 is 0. The van der Waals surface area contributed by atoms with E-state index in [1.54, 1.807) is 0 Å². The Kier molecular flexibility index (Phi) is 4.04. The third-order valence-corrected chi connectivity index (χ3v) is 5.50. The van der Waals surface area contributed by atoms with Gasteiger partial charge in [-0.1, -0.05) is 6.07 Å². The smallest absolute Gasteiger partial charge is 0.225 e. The average Bonchev–Trinajstić information content (AvgIpc) is 3.05. The first-order valence-electron chi connectivity index (χ1n) is 8.96. The van der Waals surface area contributed by atoms with Gasteiger partial charge in [-0.3, -0.25) is 0 Å². The maximum absolute atomic E-state index is 9.51. The monoisotopic (exact) mass is 333 g/mol. The molecule has 2 unspecified atom stereocenters. The van der Waals surface area contributed by atoms with E-state index >= 15 is 0 Å². The van der Waals surface area contributed by atoms with Gasteiger partial charge in [0.05, 0.1) is 11.3 Å². The van der Waals surface area contributed by atoms with E-state index in [2.05, 4.69) is 38.8 Å². The van der Waals surface area contributed by atoms with Gasteiger partial charge in [0.15, 0.2) is 0 Å². The Labute approximate surface area is 148 Å². The van der Waals surface area contributed by atoms with Crippen molar-refractivity contribution in [3.63, 3.8) is 0 Å². The van der Waals surface area contributed by atoms with Crippen molar-refractivity contribution in [2.45, 2.75) is 32.7 Å². The molecule has 5 nitrogen and oxygen atoms in total. The molecule has 5 heteroatoms. The van der Waals surface area contributed by atoms with Gasteiger partial charge in [-0.15, -0.1) is 0 Å². The van der Waals surface area contributed by atoms with Crippen LogP contribution >= 0.6 is 0 Å². The Bertz CT molecular complexity index is 808. The van der Waals surface area contributed by atoms with Crippen molar-refractivity contribution < 1.29 is 0 Å². The predicted molar refractivity (Wildman–Crippen MR) is 98.7 cm³/mol. The maximum atomic E-state index is 9.51. The van der Waals surface area contributed by atoms with Crippen molar-refractivity contribution in [1.29, 1.82) is 5.26 Å². The second-order valence-electron chi connectivity index (χ2n) is 7.24. The standard InChI is InChI=1S/C20H23N5/c1-14-3-4-17(10-21)18(9-14)25-8-6-16-5-7-24(13-19(16)25)20-22-11-15(2)12-23-20/h3-4,9,11-12,16,19H,5-8,13H2,1-2H3. The summed E-state index contributed by atoms with van der Waals surface area (Å²) in [5.74, 6) is 1.51. The molecule has 3 heterocycles. The van der Waals surface area contributed by atoms with Gasteiger partial charge in [-0.2, -0.15) is 5.26 Å². The van der Waals surface area contributed by atoms with Crippen molar-refractivity contribution >= 4 is 11.6 Å². The van der Waals surface area contributed by atoms with Crippen molar-refractivity contribution in [1.82, 2.24) is 9.97 Å². The Morgan fingerprint density at radius 2 is 1.84 bits per heavy atom. The van der Waals surface area contributed by atoms with E-state index in [4.69, 9.17) is 0 Å². The summed E-state index contributed by atoms with van der Waals surface area (Å²) in [6.45, 7) is 7.06. The minimum atomic E-state index is 0.424. The zero-order valence-corrected chi connectivity index (χ0v) is 14.8. The summed E-state index contributed by atoms with van der Waals surface area (Å²) in [5.41, 5.74) is 4.14. The SMILES string of the molecule is Cc1cnc(N2CCC3CCN(c4cc(C)ccc4C#N)C3C2)nc1. The first kappa shape index (κ1) is 15.9. The molecule has 0 bridgehead atoms. The fraction of sp³-hybridized carbons (Fsp3) is 0.450. The Balaban J connectivity index is 1.61. The molecule has 2 aliphatic rings. The highest BCUT2D eigenvalue weighted by Crippen LogP contribution is 2.37. The van der Waals surface area contributed by atoms with E-state index in [1.165, 1.54) is 12.0 Å². The van der Waals surface area contributed by atoms with Crippen molar-refractivity contribution in [2.75, 3.05) is 29.4 Å². The Morgan fingerprint density at radius 3 is 2.60 bits per heavy atom. The first-order chi connectivity index (χ1) is 12.2. The molecule has 2 aromatic rings. The summed E-state index contributed by atoms with van der Waals surface area (Å²) in [7, 11) is 0. The van der Waals surface area contributed by atoms with Crippen LogP contribution in [-0.2, 0) is 0 Å². The lowest BCUT2D eigenvalue weighted by atomic mass is 9.92. The number of aromatic nitrogens is 2. The number of benzene rings is 1. The normalized spacial score (nSPS) is 22.6. The molecule has 0 radical (unpaired) electrons. The number of nitriles is 1. The third kappa shape index (κ3) is 2.93. The average molecular weight is 333 g/mol. The molecule has 0 amide bonds. The van der Waals surface area contributed by atoms with Crippen molar-refractivity contribution in [2.24, 2.45) is 5.92 Å². The van der Waals surface area contributed by atoms with E-state index in [-0.39, 0.29) is 0 Å². The van der Waals surface area contributed by atoms with E-state index < -0.39 is 0 Å². The summed E-state index contributed by atoms with van der Waals surface area (Å²) in [4.78, 5) is 13.7. The van der Waals surface area contributed by atoms with Crippen LogP contribution < -0.4 is 9.80 Å². The predicted octanol–water partition coefficient (Wildman–Crippen LogP) is 3.07.